The number of rotatable bonds is 3. The lowest BCUT2D eigenvalue weighted by Gasteiger charge is -2.07. The van der Waals surface area contributed by atoms with Gasteiger partial charge in [0.05, 0.1) is 11.5 Å². The van der Waals surface area contributed by atoms with Crippen LogP contribution in [-0.4, -0.2) is 31.9 Å². The second-order valence-corrected chi connectivity index (χ2v) is 7.36. The maximum atomic E-state index is 11.8. The lowest BCUT2D eigenvalue weighted by molar-refractivity contribution is -0.116. The van der Waals surface area contributed by atoms with Gasteiger partial charge in [-0.15, -0.1) is 0 Å². The van der Waals surface area contributed by atoms with E-state index in [1.54, 1.807) is 6.08 Å². The van der Waals surface area contributed by atoms with Gasteiger partial charge in [-0.05, 0) is 24.6 Å². The summed E-state index contributed by atoms with van der Waals surface area (Å²) in [7, 11) is -2.98. The van der Waals surface area contributed by atoms with Crippen LogP contribution in [0.15, 0.2) is 40.8 Å². The molecule has 1 saturated heterocycles. The van der Waals surface area contributed by atoms with Gasteiger partial charge in [-0.1, -0.05) is 18.2 Å². The molecule has 1 aromatic heterocycles. The number of hydrogen-bond acceptors (Lipinski definition) is 4. The molecule has 0 radical (unpaired) electrons. The first-order chi connectivity index (χ1) is 10.0. The van der Waals surface area contributed by atoms with Crippen molar-refractivity contribution in [3.63, 3.8) is 0 Å². The Labute approximate surface area is 122 Å². The van der Waals surface area contributed by atoms with E-state index in [1.807, 2.05) is 30.3 Å². The molecule has 1 aliphatic rings. The van der Waals surface area contributed by atoms with Crippen LogP contribution in [0.1, 0.15) is 12.2 Å². The van der Waals surface area contributed by atoms with Crippen molar-refractivity contribution in [2.45, 2.75) is 12.5 Å². The molecule has 2 aromatic rings. The molecule has 1 aliphatic heterocycles. The van der Waals surface area contributed by atoms with E-state index < -0.39 is 9.84 Å². The number of amides is 1. The van der Waals surface area contributed by atoms with Crippen LogP contribution in [-0.2, 0) is 14.6 Å². The van der Waals surface area contributed by atoms with Crippen LogP contribution in [0, 0.1) is 0 Å². The summed E-state index contributed by atoms with van der Waals surface area (Å²) in [5.41, 5.74) is 0.763. The highest BCUT2D eigenvalue weighted by atomic mass is 32.2. The molecule has 6 heteroatoms. The Hall–Kier alpha value is -2.08. The minimum Gasteiger partial charge on any atom is -0.457 e. The lowest BCUT2D eigenvalue weighted by atomic mass is 10.2. The van der Waals surface area contributed by atoms with Crippen molar-refractivity contribution < 1.29 is 17.6 Å². The van der Waals surface area contributed by atoms with Crippen LogP contribution < -0.4 is 5.32 Å². The zero-order valence-electron chi connectivity index (χ0n) is 11.3. The molecule has 1 fully saturated rings. The summed E-state index contributed by atoms with van der Waals surface area (Å²) in [5, 5.41) is 3.66. The van der Waals surface area contributed by atoms with Gasteiger partial charge >= 0.3 is 0 Å². The molecular formula is C15H15NO4S. The van der Waals surface area contributed by atoms with Crippen molar-refractivity contribution in [1.82, 2.24) is 5.32 Å². The number of benzene rings is 1. The van der Waals surface area contributed by atoms with Crippen molar-refractivity contribution in [3.8, 4) is 0 Å². The number of fused-ring (bicyclic) bond motifs is 1. The summed E-state index contributed by atoms with van der Waals surface area (Å²) in [6.45, 7) is 0. The van der Waals surface area contributed by atoms with Gasteiger partial charge in [0.2, 0.25) is 5.91 Å². The smallest absolute Gasteiger partial charge is 0.244 e. The van der Waals surface area contributed by atoms with E-state index in [9.17, 15) is 13.2 Å². The standard InChI is InChI=1S/C15H15NO4S/c17-15(16-12-7-8-21(18,19)10-12)6-5-13-9-11-3-1-2-4-14(11)20-13/h1-6,9,12H,7-8,10H2,(H,16,17)/b6-5+/t12-/m1/s1. The molecule has 0 unspecified atom stereocenters. The number of hydrogen-bond donors (Lipinski definition) is 1. The van der Waals surface area contributed by atoms with Gasteiger partial charge in [0.15, 0.2) is 9.84 Å². The highest BCUT2D eigenvalue weighted by Gasteiger charge is 2.28. The van der Waals surface area contributed by atoms with E-state index in [2.05, 4.69) is 5.32 Å². The predicted molar refractivity (Wildman–Crippen MR) is 80.4 cm³/mol. The first kappa shape index (κ1) is 13.9. The molecule has 110 valence electrons. The zero-order valence-corrected chi connectivity index (χ0v) is 12.1. The van der Waals surface area contributed by atoms with Crippen molar-refractivity contribution in [2.24, 2.45) is 0 Å². The third-order valence-electron chi connectivity index (χ3n) is 3.42. The summed E-state index contributed by atoms with van der Waals surface area (Å²) in [4.78, 5) is 11.8. The Morgan fingerprint density at radius 2 is 2.14 bits per heavy atom. The number of carbonyl (C=O) groups excluding carboxylic acids is 1. The molecule has 1 N–H and O–H groups in total. The number of sulfone groups is 1. The highest BCUT2D eigenvalue weighted by Crippen LogP contribution is 2.19. The third-order valence-corrected chi connectivity index (χ3v) is 5.19. The van der Waals surface area contributed by atoms with Gasteiger partial charge in [-0.2, -0.15) is 0 Å². The zero-order chi connectivity index (χ0) is 14.9. The molecule has 0 aliphatic carbocycles. The van der Waals surface area contributed by atoms with E-state index >= 15 is 0 Å². The summed E-state index contributed by atoms with van der Waals surface area (Å²) in [6.07, 6.45) is 3.42. The Bertz CT molecular complexity index is 771. The van der Waals surface area contributed by atoms with E-state index in [-0.39, 0.29) is 23.5 Å². The van der Waals surface area contributed by atoms with Crippen LogP contribution in [0.3, 0.4) is 0 Å². The Balaban J connectivity index is 1.64. The van der Waals surface area contributed by atoms with Crippen LogP contribution in [0.4, 0.5) is 0 Å². The number of carbonyl (C=O) groups is 1. The third kappa shape index (κ3) is 3.33. The van der Waals surface area contributed by atoms with Crippen LogP contribution >= 0.6 is 0 Å². The normalized spacial score (nSPS) is 21.0. The molecule has 1 amide bonds. The van der Waals surface area contributed by atoms with Gasteiger partial charge in [0.25, 0.3) is 0 Å². The van der Waals surface area contributed by atoms with E-state index in [0.717, 1.165) is 11.0 Å². The number of nitrogens with one attached hydrogen (secondary N) is 1. The average Bonchev–Trinajstić information content (AvgIpc) is 2.99. The molecular weight excluding hydrogens is 290 g/mol. The van der Waals surface area contributed by atoms with Crippen molar-refractivity contribution in [1.29, 1.82) is 0 Å². The summed E-state index contributed by atoms with van der Waals surface area (Å²) in [5.74, 6) is 0.450. The molecule has 3 rings (SSSR count). The molecule has 1 aromatic carbocycles. The highest BCUT2D eigenvalue weighted by molar-refractivity contribution is 7.91. The summed E-state index contributed by atoms with van der Waals surface area (Å²) in [6, 6.07) is 9.14. The molecule has 0 saturated carbocycles. The molecule has 0 bridgehead atoms. The second-order valence-electron chi connectivity index (χ2n) is 5.13. The first-order valence-corrected chi connectivity index (χ1v) is 8.51. The fraction of sp³-hybridized carbons (Fsp3) is 0.267. The molecule has 0 spiro atoms. The Morgan fingerprint density at radius 1 is 1.33 bits per heavy atom. The monoisotopic (exact) mass is 305 g/mol. The van der Waals surface area contributed by atoms with Crippen LogP contribution in [0.25, 0.3) is 17.0 Å². The van der Waals surface area contributed by atoms with Gasteiger partial charge in [0, 0.05) is 17.5 Å². The van der Waals surface area contributed by atoms with Crippen LogP contribution in [0.5, 0.6) is 0 Å². The van der Waals surface area contributed by atoms with E-state index in [0.29, 0.717) is 12.2 Å². The molecule has 5 nitrogen and oxygen atoms in total. The topological polar surface area (TPSA) is 76.4 Å². The van der Waals surface area contributed by atoms with Gasteiger partial charge in [0.1, 0.15) is 11.3 Å². The van der Waals surface area contributed by atoms with E-state index in [4.69, 9.17) is 4.42 Å². The Morgan fingerprint density at radius 3 is 2.86 bits per heavy atom. The predicted octanol–water partition coefficient (Wildman–Crippen LogP) is 1.75. The number of furan rings is 1. The largest absolute Gasteiger partial charge is 0.457 e. The van der Waals surface area contributed by atoms with Gasteiger partial charge in [-0.25, -0.2) is 8.42 Å². The minimum atomic E-state index is -2.98. The Kier molecular flexibility index (Phi) is 3.55. The van der Waals surface area contributed by atoms with Crippen molar-refractivity contribution in [3.05, 3.63) is 42.2 Å². The average molecular weight is 305 g/mol. The quantitative estimate of drug-likeness (QED) is 0.877. The van der Waals surface area contributed by atoms with E-state index in [1.165, 1.54) is 6.08 Å². The molecule has 1 atom stereocenters. The fourth-order valence-electron chi connectivity index (χ4n) is 2.40. The maximum Gasteiger partial charge on any atom is 0.244 e. The van der Waals surface area contributed by atoms with Gasteiger partial charge < -0.3 is 9.73 Å². The van der Waals surface area contributed by atoms with Crippen molar-refractivity contribution in [2.75, 3.05) is 11.5 Å². The molecule has 21 heavy (non-hydrogen) atoms. The second kappa shape index (κ2) is 5.37. The minimum absolute atomic E-state index is 0.0250. The summed E-state index contributed by atoms with van der Waals surface area (Å²) >= 11 is 0. The van der Waals surface area contributed by atoms with Gasteiger partial charge in [-0.3, -0.25) is 4.79 Å². The fourth-order valence-corrected chi connectivity index (χ4v) is 4.07. The summed E-state index contributed by atoms with van der Waals surface area (Å²) < 4.78 is 28.2. The van der Waals surface area contributed by atoms with Crippen molar-refractivity contribution >= 4 is 32.8 Å². The lowest BCUT2D eigenvalue weighted by Crippen LogP contribution is -2.34. The SMILES string of the molecule is O=C(/C=C/c1cc2ccccc2o1)N[C@@H]1CCS(=O)(=O)C1. The number of para-hydroxylation sites is 1. The van der Waals surface area contributed by atoms with Crippen LogP contribution in [0.2, 0.25) is 0 Å². The maximum absolute atomic E-state index is 11.8. The first-order valence-electron chi connectivity index (χ1n) is 6.69. The molecule has 2 heterocycles.